The van der Waals surface area contributed by atoms with Crippen molar-refractivity contribution in [2.45, 2.75) is 39.7 Å². The molecular formula is C12H21NS. The Hall–Kier alpha value is -0.340. The van der Waals surface area contributed by atoms with Gasteiger partial charge in [0.2, 0.25) is 0 Å². The van der Waals surface area contributed by atoms with Gasteiger partial charge in [-0.15, -0.1) is 11.3 Å². The summed E-state index contributed by atoms with van der Waals surface area (Å²) >= 11 is 1.83. The van der Waals surface area contributed by atoms with Crippen molar-refractivity contribution in [3.8, 4) is 0 Å². The summed E-state index contributed by atoms with van der Waals surface area (Å²) in [5, 5.41) is 5.61. The number of rotatable bonds is 7. The summed E-state index contributed by atoms with van der Waals surface area (Å²) in [6.45, 7) is 6.78. The van der Waals surface area contributed by atoms with Crippen LogP contribution in [0.4, 0.5) is 0 Å². The van der Waals surface area contributed by atoms with Crippen LogP contribution in [0.15, 0.2) is 17.5 Å². The van der Waals surface area contributed by atoms with Gasteiger partial charge in [-0.05, 0) is 30.3 Å². The van der Waals surface area contributed by atoms with E-state index in [1.54, 1.807) is 0 Å². The molecule has 0 fully saturated rings. The molecule has 0 amide bonds. The number of hydrogen-bond donors (Lipinski definition) is 1. The van der Waals surface area contributed by atoms with E-state index in [9.17, 15) is 0 Å². The molecule has 0 aliphatic carbocycles. The molecule has 0 unspecified atom stereocenters. The molecule has 0 aromatic carbocycles. The molecule has 0 bridgehead atoms. The smallest absolute Gasteiger partial charge is 0.0299 e. The molecule has 14 heavy (non-hydrogen) atoms. The molecule has 1 rings (SSSR count). The minimum absolute atomic E-state index is 0.854. The highest BCUT2D eigenvalue weighted by molar-refractivity contribution is 7.09. The third kappa shape index (κ3) is 5.40. The second kappa shape index (κ2) is 7.02. The van der Waals surface area contributed by atoms with Crippen molar-refractivity contribution < 1.29 is 0 Å². The van der Waals surface area contributed by atoms with E-state index in [0.717, 1.165) is 19.0 Å². The highest BCUT2D eigenvalue weighted by atomic mass is 32.1. The molecule has 0 saturated carbocycles. The number of thiophene rings is 1. The maximum absolute atomic E-state index is 3.47. The lowest BCUT2D eigenvalue weighted by Gasteiger charge is -2.05. The predicted octanol–water partition coefficient (Wildman–Crippen LogP) is 3.66. The van der Waals surface area contributed by atoms with E-state index in [4.69, 9.17) is 0 Å². The molecule has 80 valence electrons. The van der Waals surface area contributed by atoms with E-state index in [0.29, 0.717) is 0 Å². The van der Waals surface area contributed by atoms with Gasteiger partial charge in [0.25, 0.3) is 0 Å². The first-order chi connectivity index (χ1) is 6.79. The Balaban J connectivity index is 1.90. The lowest BCUT2D eigenvalue weighted by Crippen LogP contribution is -2.13. The standard InChI is InChI=1S/C12H21NS/c1-11(2)6-3-4-8-13-10-12-7-5-9-14-12/h5,7,9,11,13H,3-4,6,8,10H2,1-2H3. The van der Waals surface area contributed by atoms with Gasteiger partial charge in [0.15, 0.2) is 0 Å². The zero-order chi connectivity index (χ0) is 10.2. The second-order valence-electron chi connectivity index (χ2n) is 4.15. The average molecular weight is 211 g/mol. The molecule has 1 nitrogen and oxygen atoms in total. The van der Waals surface area contributed by atoms with Gasteiger partial charge in [0.05, 0.1) is 0 Å². The van der Waals surface area contributed by atoms with Crippen LogP contribution in [-0.4, -0.2) is 6.54 Å². The summed E-state index contributed by atoms with van der Waals surface area (Å²) in [5.41, 5.74) is 0. The second-order valence-corrected chi connectivity index (χ2v) is 5.18. The molecule has 0 atom stereocenters. The monoisotopic (exact) mass is 211 g/mol. The van der Waals surface area contributed by atoms with Gasteiger partial charge in [-0.1, -0.05) is 32.8 Å². The molecule has 1 aromatic heterocycles. The zero-order valence-corrected chi connectivity index (χ0v) is 10.1. The zero-order valence-electron chi connectivity index (χ0n) is 9.25. The highest BCUT2D eigenvalue weighted by Crippen LogP contribution is 2.08. The van der Waals surface area contributed by atoms with Gasteiger partial charge in [0, 0.05) is 11.4 Å². The van der Waals surface area contributed by atoms with Crippen molar-refractivity contribution in [1.82, 2.24) is 5.32 Å². The molecule has 1 aromatic rings. The van der Waals surface area contributed by atoms with Crippen LogP contribution in [0.1, 0.15) is 38.0 Å². The van der Waals surface area contributed by atoms with Crippen LogP contribution < -0.4 is 5.32 Å². The van der Waals surface area contributed by atoms with Crippen molar-refractivity contribution in [1.29, 1.82) is 0 Å². The SMILES string of the molecule is CC(C)CCCCNCc1cccs1. The van der Waals surface area contributed by atoms with Crippen LogP contribution in [0.3, 0.4) is 0 Å². The first-order valence-electron chi connectivity index (χ1n) is 5.52. The van der Waals surface area contributed by atoms with Gasteiger partial charge in [-0.3, -0.25) is 0 Å². The summed E-state index contributed by atoms with van der Waals surface area (Å²) in [5.74, 6) is 0.854. The Morgan fingerprint density at radius 1 is 1.36 bits per heavy atom. The van der Waals surface area contributed by atoms with Crippen molar-refractivity contribution in [2.24, 2.45) is 5.92 Å². The van der Waals surface area contributed by atoms with Crippen molar-refractivity contribution in [3.05, 3.63) is 22.4 Å². The van der Waals surface area contributed by atoms with E-state index in [1.165, 1.54) is 24.1 Å². The van der Waals surface area contributed by atoms with Gasteiger partial charge in [0.1, 0.15) is 0 Å². The topological polar surface area (TPSA) is 12.0 Å². The Kier molecular flexibility index (Phi) is 5.88. The molecule has 0 aliphatic heterocycles. The quantitative estimate of drug-likeness (QED) is 0.679. The fourth-order valence-corrected chi connectivity index (χ4v) is 2.10. The van der Waals surface area contributed by atoms with Crippen LogP contribution in [0, 0.1) is 5.92 Å². The lowest BCUT2D eigenvalue weighted by atomic mass is 10.1. The molecule has 1 N–H and O–H groups in total. The Morgan fingerprint density at radius 3 is 2.86 bits per heavy atom. The van der Waals surface area contributed by atoms with Crippen LogP contribution >= 0.6 is 11.3 Å². The molecule has 0 radical (unpaired) electrons. The van der Waals surface area contributed by atoms with Gasteiger partial charge in [-0.25, -0.2) is 0 Å². The molecule has 0 aliphatic rings. The minimum atomic E-state index is 0.854. The Labute approximate surface area is 91.5 Å². The van der Waals surface area contributed by atoms with E-state index in [-0.39, 0.29) is 0 Å². The Bertz CT molecular complexity index is 216. The number of nitrogens with one attached hydrogen (secondary N) is 1. The third-order valence-electron chi connectivity index (χ3n) is 2.26. The normalized spacial score (nSPS) is 11.1. The summed E-state index contributed by atoms with van der Waals surface area (Å²) in [4.78, 5) is 1.44. The summed E-state index contributed by atoms with van der Waals surface area (Å²) in [7, 11) is 0. The summed E-state index contributed by atoms with van der Waals surface area (Å²) in [6.07, 6.45) is 4.03. The van der Waals surface area contributed by atoms with Gasteiger partial charge >= 0.3 is 0 Å². The number of hydrogen-bond acceptors (Lipinski definition) is 2. The highest BCUT2D eigenvalue weighted by Gasteiger charge is 1.95. The van der Waals surface area contributed by atoms with Crippen LogP contribution in [0.25, 0.3) is 0 Å². The minimum Gasteiger partial charge on any atom is -0.312 e. The predicted molar refractivity (Wildman–Crippen MR) is 64.7 cm³/mol. The van der Waals surface area contributed by atoms with E-state index in [1.807, 2.05) is 11.3 Å². The van der Waals surface area contributed by atoms with Crippen molar-refractivity contribution in [3.63, 3.8) is 0 Å². The van der Waals surface area contributed by atoms with Crippen LogP contribution in [-0.2, 0) is 6.54 Å². The van der Waals surface area contributed by atoms with Crippen molar-refractivity contribution in [2.75, 3.05) is 6.54 Å². The molecular weight excluding hydrogens is 190 g/mol. The largest absolute Gasteiger partial charge is 0.312 e. The first-order valence-corrected chi connectivity index (χ1v) is 6.40. The van der Waals surface area contributed by atoms with Crippen LogP contribution in [0.5, 0.6) is 0 Å². The van der Waals surface area contributed by atoms with Gasteiger partial charge in [-0.2, -0.15) is 0 Å². The van der Waals surface area contributed by atoms with E-state index < -0.39 is 0 Å². The van der Waals surface area contributed by atoms with Crippen molar-refractivity contribution >= 4 is 11.3 Å². The fraction of sp³-hybridized carbons (Fsp3) is 0.667. The number of unbranched alkanes of at least 4 members (excludes halogenated alkanes) is 1. The van der Waals surface area contributed by atoms with Gasteiger partial charge < -0.3 is 5.32 Å². The maximum atomic E-state index is 3.47. The molecule has 0 saturated heterocycles. The van der Waals surface area contributed by atoms with E-state index >= 15 is 0 Å². The Morgan fingerprint density at radius 2 is 2.21 bits per heavy atom. The first kappa shape index (κ1) is 11.7. The third-order valence-corrected chi connectivity index (χ3v) is 3.14. The fourth-order valence-electron chi connectivity index (χ4n) is 1.43. The van der Waals surface area contributed by atoms with E-state index in [2.05, 4.69) is 36.7 Å². The summed E-state index contributed by atoms with van der Waals surface area (Å²) < 4.78 is 0. The molecule has 0 spiro atoms. The average Bonchev–Trinajstić information content (AvgIpc) is 2.63. The summed E-state index contributed by atoms with van der Waals surface area (Å²) in [6, 6.07) is 4.30. The molecule has 2 heteroatoms. The van der Waals surface area contributed by atoms with Crippen LogP contribution in [0.2, 0.25) is 0 Å². The maximum Gasteiger partial charge on any atom is 0.0299 e. The molecule has 1 heterocycles. The lowest BCUT2D eigenvalue weighted by molar-refractivity contribution is 0.521.